The zero-order valence-corrected chi connectivity index (χ0v) is 20.1. The van der Waals surface area contributed by atoms with Gasteiger partial charge in [-0.15, -0.1) is 11.3 Å². The molecule has 1 aromatic heterocycles. The van der Waals surface area contributed by atoms with Crippen LogP contribution in [0.25, 0.3) is 10.1 Å². The van der Waals surface area contributed by atoms with Crippen LogP contribution in [0.5, 0.6) is 5.75 Å². The highest BCUT2D eigenvalue weighted by atomic mass is 35.5. The lowest BCUT2D eigenvalue weighted by Crippen LogP contribution is -3.12. The van der Waals surface area contributed by atoms with E-state index in [1.54, 1.807) is 24.3 Å². The Hall–Kier alpha value is -1.77. The van der Waals surface area contributed by atoms with E-state index in [1.165, 1.54) is 22.8 Å². The molecule has 5 nitrogen and oxygen atoms in total. The van der Waals surface area contributed by atoms with Crippen LogP contribution in [-0.2, 0) is 6.54 Å². The first kappa shape index (κ1) is 22.4. The first-order chi connectivity index (χ1) is 15.1. The lowest BCUT2D eigenvalue weighted by Gasteiger charge is -2.24. The van der Waals surface area contributed by atoms with Crippen LogP contribution in [0.2, 0.25) is 10.0 Å². The molecular weight excluding hydrogens is 473 g/mol. The number of nitrogens with zero attached hydrogens (tertiary/aromatic N) is 1. The van der Waals surface area contributed by atoms with E-state index in [-0.39, 0.29) is 5.91 Å². The van der Waals surface area contributed by atoms with Crippen LogP contribution in [0.15, 0.2) is 41.5 Å². The molecule has 1 amide bonds. The molecule has 0 radical (unpaired) electrons. The molecule has 2 N–H and O–H groups in total. The van der Waals surface area contributed by atoms with Gasteiger partial charge < -0.3 is 9.64 Å². The Morgan fingerprint density at radius 2 is 2.06 bits per heavy atom. The van der Waals surface area contributed by atoms with E-state index in [4.69, 9.17) is 27.9 Å². The van der Waals surface area contributed by atoms with Crippen molar-refractivity contribution in [2.45, 2.75) is 6.54 Å². The zero-order chi connectivity index (χ0) is 21.8. The number of nitrogens with one attached hydrogen (secondary N) is 2. The van der Waals surface area contributed by atoms with E-state index in [2.05, 4.69) is 16.6 Å². The second-order valence-electron chi connectivity index (χ2n) is 7.17. The van der Waals surface area contributed by atoms with Gasteiger partial charge in [-0.25, -0.2) is 5.43 Å². The summed E-state index contributed by atoms with van der Waals surface area (Å²) in [5.74, 6) is 2.90. The minimum absolute atomic E-state index is 0.354. The highest BCUT2D eigenvalue weighted by molar-refractivity contribution is 7.99. The van der Waals surface area contributed by atoms with E-state index in [0.717, 1.165) is 41.2 Å². The third-order valence-electron chi connectivity index (χ3n) is 5.14. The third-order valence-corrected chi connectivity index (χ3v) is 8.08. The number of methoxy groups -OCH3 is 1. The monoisotopic (exact) mass is 494 g/mol. The highest BCUT2D eigenvalue weighted by Crippen LogP contribution is 2.39. The van der Waals surface area contributed by atoms with E-state index in [0.29, 0.717) is 20.3 Å². The number of quaternary nitrogens is 1. The summed E-state index contributed by atoms with van der Waals surface area (Å²) in [6, 6.07) is 11.4. The molecule has 0 spiro atoms. The molecule has 0 unspecified atom stereocenters. The molecule has 1 fully saturated rings. The number of rotatable bonds is 6. The predicted octanol–water partition coefficient (Wildman–Crippen LogP) is 4.11. The average Bonchev–Trinajstić information content (AvgIpc) is 3.12. The number of hydrogen-bond donors (Lipinski definition) is 2. The van der Waals surface area contributed by atoms with Crippen LogP contribution < -0.4 is 15.1 Å². The Kier molecular flexibility index (Phi) is 7.40. The van der Waals surface area contributed by atoms with E-state index >= 15 is 0 Å². The van der Waals surface area contributed by atoms with Gasteiger partial charge in [0.15, 0.2) is 0 Å². The maximum atomic E-state index is 12.6. The molecule has 162 valence electrons. The van der Waals surface area contributed by atoms with E-state index < -0.39 is 0 Å². The molecule has 1 saturated heterocycles. The van der Waals surface area contributed by atoms with Crippen LogP contribution in [0.3, 0.4) is 0 Å². The number of carbonyl (C=O) groups excluding carboxylic acids is 1. The van der Waals surface area contributed by atoms with Gasteiger partial charge in [0, 0.05) is 27.2 Å². The number of thiophene rings is 1. The number of benzene rings is 2. The van der Waals surface area contributed by atoms with Gasteiger partial charge in [-0.2, -0.15) is 16.9 Å². The van der Waals surface area contributed by atoms with Crippen LogP contribution in [0.4, 0.5) is 0 Å². The van der Waals surface area contributed by atoms with Crippen LogP contribution >= 0.6 is 46.3 Å². The molecule has 0 bridgehead atoms. The first-order valence-electron chi connectivity index (χ1n) is 9.85. The van der Waals surface area contributed by atoms with Crippen molar-refractivity contribution in [1.82, 2.24) is 5.43 Å². The van der Waals surface area contributed by atoms with Gasteiger partial charge in [-0.3, -0.25) is 4.79 Å². The Morgan fingerprint density at radius 1 is 1.26 bits per heavy atom. The largest absolute Gasteiger partial charge is 0.496 e. The summed E-state index contributed by atoms with van der Waals surface area (Å²) in [5, 5.41) is 5.72. The minimum Gasteiger partial charge on any atom is -0.496 e. The average molecular weight is 495 g/mol. The Balaban J connectivity index is 1.47. The quantitative estimate of drug-likeness (QED) is 0.400. The molecule has 9 heteroatoms. The Labute approximate surface area is 199 Å². The van der Waals surface area contributed by atoms with Crippen molar-refractivity contribution in [2.24, 2.45) is 5.10 Å². The molecule has 3 aromatic rings. The standard InChI is InChI=1S/C22H21Cl2N3O2S2/c1-29-17-6-5-14(11-15(17)13-27-7-9-30-10-8-27)12-25-26-22(28)21-20(24)19-16(23)3-2-4-18(19)31-21/h2-6,11-12H,7-10,13H2,1H3,(H,26,28)/p+1/b25-12-. The highest BCUT2D eigenvalue weighted by Gasteiger charge is 2.19. The fourth-order valence-electron chi connectivity index (χ4n) is 3.56. The number of hydrogen-bond acceptors (Lipinski definition) is 5. The third kappa shape index (κ3) is 5.18. The molecule has 0 saturated carbocycles. The number of ether oxygens (including phenoxy) is 1. The number of thioether (sulfide) groups is 1. The van der Waals surface area contributed by atoms with Gasteiger partial charge in [-0.05, 0) is 35.9 Å². The fourth-order valence-corrected chi connectivity index (χ4v) is 6.47. The molecule has 2 heterocycles. The van der Waals surface area contributed by atoms with Crippen LogP contribution in [0.1, 0.15) is 20.8 Å². The normalized spacial score (nSPS) is 14.9. The van der Waals surface area contributed by atoms with Gasteiger partial charge >= 0.3 is 0 Å². The van der Waals surface area contributed by atoms with Crippen molar-refractivity contribution in [2.75, 3.05) is 31.7 Å². The maximum Gasteiger partial charge on any atom is 0.283 e. The molecule has 0 aliphatic carbocycles. The van der Waals surface area contributed by atoms with Crippen molar-refractivity contribution in [1.29, 1.82) is 0 Å². The number of hydrazone groups is 1. The number of halogens is 2. The van der Waals surface area contributed by atoms with Crippen LogP contribution in [-0.4, -0.2) is 43.8 Å². The van der Waals surface area contributed by atoms with Crippen molar-refractivity contribution >= 4 is 68.5 Å². The number of amides is 1. The zero-order valence-electron chi connectivity index (χ0n) is 16.9. The van der Waals surface area contributed by atoms with Gasteiger partial charge in [0.2, 0.25) is 0 Å². The molecule has 1 aliphatic heterocycles. The minimum atomic E-state index is -0.359. The summed E-state index contributed by atoms with van der Waals surface area (Å²) in [7, 11) is 1.69. The SMILES string of the molecule is COc1ccc(/C=N\NC(=O)c2sc3cccc(Cl)c3c2Cl)cc1C[NH+]1CCSCC1. The van der Waals surface area contributed by atoms with Crippen molar-refractivity contribution in [3.05, 3.63) is 62.4 Å². The smallest absolute Gasteiger partial charge is 0.283 e. The van der Waals surface area contributed by atoms with Gasteiger partial charge in [0.05, 0.1) is 36.5 Å². The first-order valence-corrected chi connectivity index (χ1v) is 12.6. The Bertz CT molecular complexity index is 1130. The van der Waals surface area contributed by atoms with Crippen molar-refractivity contribution < 1.29 is 14.4 Å². The van der Waals surface area contributed by atoms with E-state index in [9.17, 15) is 4.79 Å². The topological polar surface area (TPSA) is 55.1 Å². The summed E-state index contributed by atoms with van der Waals surface area (Å²) in [5.41, 5.74) is 4.61. The number of carbonyl (C=O) groups is 1. The summed E-state index contributed by atoms with van der Waals surface area (Å²) in [4.78, 5) is 14.5. The summed E-state index contributed by atoms with van der Waals surface area (Å²) in [6.45, 7) is 3.22. The summed E-state index contributed by atoms with van der Waals surface area (Å²) >= 11 is 15.9. The van der Waals surface area contributed by atoms with Crippen molar-refractivity contribution in [3.8, 4) is 5.75 Å². The number of fused-ring (bicyclic) bond motifs is 1. The lowest BCUT2D eigenvalue weighted by atomic mass is 10.1. The second kappa shape index (κ2) is 10.2. The molecule has 2 aromatic carbocycles. The van der Waals surface area contributed by atoms with Crippen LogP contribution in [0, 0.1) is 0 Å². The van der Waals surface area contributed by atoms with Gasteiger partial charge in [0.25, 0.3) is 5.91 Å². The molecule has 1 aliphatic rings. The van der Waals surface area contributed by atoms with Gasteiger partial charge in [0.1, 0.15) is 17.2 Å². The maximum absolute atomic E-state index is 12.6. The Morgan fingerprint density at radius 3 is 2.81 bits per heavy atom. The van der Waals surface area contributed by atoms with E-state index in [1.807, 2.05) is 36.0 Å². The summed E-state index contributed by atoms with van der Waals surface area (Å²) < 4.78 is 6.40. The second-order valence-corrected chi connectivity index (χ2v) is 10.2. The molecule has 0 atom stereocenters. The fraction of sp³-hybridized carbons (Fsp3) is 0.273. The van der Waals surface area contributed by atoms with Gasteiger partial charge in [-0.1, -0.05) is 29.3 Å². The lowest BCUT2D eigenvalue weighted by molar-refractivity contribution is -0.910. The van der Waals surface area contributed by atoms with Crippen molar-refractivity contribution in [3.63, 3.8) is 0 Å². The predicted molar refractivity (Wildman–Crippen MR) is 132 cm³/mol. The molecule has 31 heavy (non-hydrogen) atoms. The molecule has 4 rings (SSSR count). The summed E-state index contributed by atoms with van der Waals surface area (Å²) in [6.07, 6.45) is 1.64. The molecular formula is C22H22Cl2N3O2S2+.